The van der Waals surface area contributed by atoms with Gasteiger partial charge in [-0.1, -0.05) is 24.3 Å². The van der Waals surface area contributed by atoms with E-state index in [0.717, 1.165) is 17.7 Å². The summed E-state index contributed by atoms with van der Waals surface area (Å²) < 4.78 is 19.0. The van der Waals surface area contributed by atoms with Gasteiger partial charge in [-0.05, 0) is 74.0 Å². The van der Waals surface area contributed by atoms with Crippen molar-refractivity contribution in [2.24, 2.45) is 5.73 Å². The minimum Gasteiger partial charge on any atom is -0.490 e. The maximum absolute atomic E-state index is 13.0. The molecular weight excluding hydrogens is 289 g/mol. The monoisotopic (exact) mass is 313 g/mol. The van der Waals surface area contributed by atoms with Gasteiger partial charge in [0.1, 0.15) is 11.6 Å². The summed E-state index contributed by atoms with van der Waals surface area (Å²) in [6, 6.07) is 15.0. The number of halogens is 1. The minimum absolute atomic E-state index is 0.206. The highest BCUT2D eigenvalue weighted by atomic mass is 19.1. The molecule has 3 rings (SSSR count). The Morgan fingerprint density at radius 1 is 1.00 bits per heavy atom. The number of ether oxygens (including phenoxy) is 1. The molecule has 0 aliphatic heterocycles. The summed E-state index contributed by atoms with van der Waals surface area (Å²) in [5.41, 5.74) is 8.22. The van der Waals surface area contributed by atoms with Crippen molar-refractivity contribution in [3.05, 3.63) is 65.5 Å². The van der Waals surface area contributed by atoms with Gasteiger partial charge in [0.25, 0.3) is 0 Å². The van der Waals surface area contributed by atoms with Crippen LogP contribution in [0.5, 0.6) is 5.75 Å². The van der Waals surface area contributed by atoms with Gasteiger partial charge < -0.3 is 10.5 Å². The van der Waals surface area contributed by atoms with Gasteiger partial charge in [-0.3, -0.25) is 0 Å². The predicted molar refractivity (Wildman–Crippen MR) is 91.2 cm³/mol. The molecule has 1 fully saturated rings. The van der Waals surface area contributed by atoms with Crippen molar-refractivity contribution >= 4 is 0 Å². The standard InChI is InChI=1S/C20H24FNO/c21-18-9-7-16(8-10-18)17(14-22)13-15-5-11-20(12-6-15)23-19-3-1-2-4-19/h5-12,17,19H,1-4,13-14,22H2. The zero-order valence-corrected chi connectivity index (χ0v) is 13.4. The van der Waals surface area contributed by atoms with E-state index in [-0.39, 0.29) is 11.7 Å². The molecule has 1 unspecified atom stereocenters. The molecule has 1 atom stereocenters. The van der Waals surface area contributed by atoms with Crippen LogP contribution in [0.25, 0.3) is 0 Å². The molecule has 0 heterocycles. The molecule has 1 saturated carbocycles. The average Bonchev–Trinajstić information content (AvgIpc) is 3.08. The zero-order chi connectivity index (χ0) is 16.1. The highest BCUT2D eigenvalue weighted by Gasteiger charge is 2.16. The van der Waals surface area contributed by atoms with E-state index >= 15 is 0 Å². The lowest BCUT2D eigenvalue weighted by Crippen LogP contribution is -2.15. The molecule has 0 aromatic heterocycles. The Labute approximate surface area is 137 Å². The van der Waals surface area contributed by atoms with Crippen molar-refractivity contribution in [2.45, 2.75) is 44.1 Å². The largest absolute Gasteiger partial charge is 0.490 e. The van der Waals surface area contributed by atoms with Gasteiger partial charge >= 0.3 is 0 Å². The Morgan fingerprint density at radius 2 is 1.65 bits per heavy atom. The Bertz CT molecular complexity index is 603. The second-order valence-corrected chi connectivity index (χ2v) is 6.36. The summed E-state index contributed by atoms with van der Waals surface area (Å²) >= 11 is 0. The first kappa shape index (κ1) is 16.0. The summed E-state index contributed by atoms with van der Waals surface area (Å²) in [4.78, 5) is 0. The SMILES string of the molecule is NCC(Cc1ccc(OC2CCCC2)cc1)c1ccc(F)cc1. The first-order chi connectivity index (χ1) is 11.2. The van der Waals surface area contributed by atoms with Crippen molar-refractivity contribution in [1.29, 1.82) is 0 Å². The average molecular weight is 313 g/mol. The van der Waals surface area contributed by atoms with Crippen LogP contribution in [0, 0.1) is 5.82 Å². The topological polar surface area (TPSA) is 35.2 Å². The molecule has 0 bridgehead atoms. The third-order valence-corrected chi connectivity index (χ3v) is 4.64. The van der Waals surface area contributed by atoms with Gasteiger partial charge in [0.15, 0.2) is 0 Å². The van der Waals surface area contributed by atoms with E-state index in [4.69, 9.17) is 10.5 Å². The van der Waals surface area contributed by atoms with E-state index in [0.29, 0.717) is 12.6 Å². The van der Waals surface area contributed by atoms with Gasteiger partial charge in [0.05, 0.1) is 6.10 Å². The summed E-state index contributed by atoms with van der Waals surface area (Å²) in [6.07, 6.45) is 6.13. The van der Waals surface area contributed by atoms with E-state index in [1.54, 1.807) is 0 Å². The molecule has 1 aliphatic carbocycles. The fourth-order valence-corrected chi connectivity index (χ4v) is 3.26. The summed E-state index contributed by atoms with van der Waals surface area (Å²) in [6.45, 7) is 0.548. The predicted octanol–water partition coefficient (Wildman–Crippen LogP) is 4.43. The Hall–Kier alpha value is -1.87. The van der Waals surface area contributed by atoms with E-state index in [1.807, 2.05) is 24.3 Å². The van der Waals surface area contributed by atoms with Crippen molar-refractivity contribution in [1.82, 2.24) is 0 Å². The van der Waals surface area contributed by atoms with Crippen molar-refractivity contribution in [3.8, 4) is 5.75 Å². The molecule has 1 aliphatic rings. The Balaban J connectivity index is 1.62. The summed E-state index contributed by atoms with van der Waals surface area (Å²) in [7, 11) is 0. The molecule has 23 heavy (non-hydrogen) atoms. The normalized spacial score (nSPS) is 16.4. The number of hydrogen-bond donors (Lipinski definition) is 1. The van der Waals surface area contributed by atoms with Gasteiger partial charge in [-0.25, -0.2) is 4.39 Å². The fourth-order valence-electron chi connectivity index (χ4n) is 3.26. The molecule has 0 amide bonds. The van der Waals surface area contributed by atoms with Crippen molar-refractivity contribution in [3.63, 3.8) is 0 Å². The highest BCUT2D eigenvalue weighted by molar-refractivity contribution is 5.30. The second kappa shape index (κ2) is 7.60. The molecule has 2 aromatic rings. The Kier molecular flexibility index (Phi) is 5.29. The van der Waals surface area contributed by atoms with E-state index < -0.39 is 0 Å². The van der Waals surface area contributed by atoms with Crippen LogP contribution >= 0.6 is 0 Å². The molecule has 2 aromatic carbocycles. The van der Waals surface area contributed by atoms with Gasteiger partial charge in [0, 0.05) is 5.92 Å². The van der Waals surface area contributed by atoms with Crippen molar-refractivity contribution in [2.75, 3.05) is 6.54 Å². The van der Waals surface area contributed by atoms with Gasteiger partial charge in [-0.15, -0.1) is 0 Å². The zero-order valence-electron chi connectivity index (χ0n) is 13.4. The number of benzene rings is 2. The molecule has 3 heteroatoms. The molecule has 2 N–H and O–H groups in total. The second-order valence-electron chi connectivity index (χ2n) is 6.36. The highest BCUT2D eigenvalue weighted by Crippen LogP contribution is 2.26. The van der Waals surface area contributed by atoms with Crippen LogP contribution in [0.4, 0.5) is 4.39 Å². The van der Waals surface area contributed by atoms with Crippen LogP contribution in [-0.2, 0) is 6.42 Å². The van der Waals surface area contributed by atoms with Crippen LogP contribution in [0.3, 0.4) is 0 Å². The van der Waals surface area contributed by atoms with E-state index in [1.165, 1.54) is 43.4 Å². The maximum Gasteiger partial charge on any atom is 0.123 e. The number of nitrogens with two attached hydrogens (primary N) is 1. The maximum atomic E-state index is 13.0. The van der Waals surface area contributed by atoms with Crippen LogP contribution in [0.15, 0.2) is 48.5 Å². The lowest BCUT2D eigenvalue weighted by molar-refractivity contribution is 0.210. The lowest BCUT2D eigenvalue weighted by atomic mass is 9.92. The molecule has 2 nitrogen and oxygen atoms in total. The number of rotatable bonds is 6. The molecule has 0 saturated heterocycles. The number of hydrogen-bond acceptors (Lipinski definition) is 2. The van der Waals surface area contributed by atoms with Crippen LogP contribution in [-0.4, -0.2) is 12.6 Å². The van der Waals surface area contributed by atoms with Gasteiger partial charge in [-0.2, -0.15) is 0 Å². The van der Waals surface area contributed by atoms with E-state index in [9.17, 15) is 4.39 Å². The Morgan fingerprint density at radius 3 is 2.26 bits per heavy atom. The van der Waals surface area contributed by atoms with Crippen LogP contribution in [0.1, 0.15) is 42.7 Å². The summed E-state index contributed by atoms with van der Waals surface area (Å²) in [5, 5.41) is 0. The quantitative estimate of drug-likeness (QED) is 0.856. The smallest absolute Gasteiger partial charge is 0.123 e. The fraction of sp³-hybridized carbons (Fsp3) is 0.400. The molecule has 0 radical (unpaired) electrons. The summed E-state index contributed by atoms with van der Waals surface area (Å²) in [5.74, 6) is 0.946. The third-order valence-electron chi connectivity index (χ3n) is 4.64. The first-order valence-electron chi connectivity index (χ1n) is 8.46. The van der Waals surface area contributed by atoms with Crippen molar-refractivity contribution < 1.29 is 9.13 Å². The molecular formula is C20H24FNO. The minimum atomic E-state index is -0.210. The molecule has 122 valence electrons. The third kappa shape index (κ3) is 4.32. The first-order valence-corrected chi connectivity index (χ1v) is 8.46. The van der Waals surface area contributed by atoms with E-state index in [2.05, 4.69) is 12.1 Å². The molecule has 0 spiro atoms. The van der Waals surface area contributed by atoms with Gasteiger partial charge in [0.2, 0.25) is 0 Å². The van der Waals surface area contributed by atoms with Crippen LogP contribution < -0.4 is 10.5 Å². The lowest BCUT2D eigenvalue weighted by Gasteiger charge is -2.17. The van der Waals surface area contributed by atoms with Crippen LogP contribution in [0.2, 0.25) is 0 Å².